The van der Waals surface area contributed by atoms with Crippen molar-refractivity contribution in [2.45, 2.75) is 65.2 Å². The first-order valence-corrected chi connectivity index (χ1v) is 10.6. The predicted octanol–water partition coefficient (Wildman–Crippen LogP) is 6.36. The van der Waals surface area contributed by atoms with E-state index in [0.717, 1.165) is 12.3 Å². The standard InChI is InChI=1S/C23H30F2N2O/c1-3-5-16-6-8-17(9-7-16)10-11-18-12-13-19(23(25)22(18)24)20-14-15-21(27-26-20)28-4-2/h12-17H,3-11H2,1-2H3/t16-,17-. The Balaban J connectivity index is 1.62. The van der Waals surface area contributed by atoms with Gasteiger partial charge in [-0.2, -0.15) is 0 Å². The van der Waals surface area contributed by atoms with Crippen molar-refractivity contribution < 1.29 is 13.5 Å². The van der Waals surface area contributed by atoms with Crippen molar-refractivity contribution >= 4 is 0 Å². The summed E-state index contributed by atoms with van der Waals surface area (Å²) in [5.74, 6) is 0.269. The van der Waals surface area contributed by atoms with Crippen LogP contribution >= 0.6 is 0 Å². The molecule has 0 amide bonds. The molecule has 0 bridgehead atoms. The summed E-state index contributed by atoms with van der Waals surface area (Å²) in [6.07, 6.45) is 9.09. The van der Waals surface area contributed by atoms with E-state index in [1.165, 1.54) is 38.5 Å². The van der Waals surface area contributed by atoms with Gasteiger partial charge in [0, 0.05) is 11.6 Å². The number of ether oxygens (including phenoxy) is 1. The van der Waals surface area contributed by atoms with Crippen LogP contribution in [0.4, 0.5) is 8.78 Å². The molecule has 3 rings (SSSR count). The van der Waals surface area contributed by atoms with Crippen molar-refractivity contribution in [3.63, 3.8) is 0 Å². The fourth-order valence-corrected chi connectivity index (χ4v) is 4.25. The Labute approximate surface area is 166 Å². The van der Waals surface area contributed by atoms with Gasteiger partial charge in [-0.25, -0.2) is 8.78 Å². The zero-order valence-corrected chi connectivity index (χ0v) is 16.9. The van der Waals surface area contributed by atoms with E-state index in [1.807, 2.05) is 6.92 Å². The van der Waals surface area contributed by atoms with Crippen molar-refractivity contribution in [1.29, 1.82) is 0 Å². The Kier molecular flexibility index (Phi) is 7.35. The summed E-state index contributed by atoms with van der Waals surface area (Å²) >= 11 is 0. The molecular weight excluding hydrogens is 358 g/mol. The predicted molar refractivity (Wildman–Crippen MR) is 107 cm³/mol. The van der Waals surface area contributed by atoms with E-state index in [1.54, 1.807) is 24.3 Å². The summed E-state index contributed by atoms with van der Waals surface area (Å²) in [7, 11) is 0. The molecule has 0 spiro atoms. The van der Waals surface area contributed by atoms with Gasteiger partial charge in [-0.15, -0.1) is 10.2 Å². The van der Waals surface area contributed by atoms with E-state index in [4.69, 9.17) is 4.74 Å². The average Bonchev–Trinajstić information content (AvgIpc) is 2.71. The lowest BCUT2D eigenvalue weighted by atomic mass is 9.78. The maximum atomic E-state index is 14.6. The summed E-state index contributed by atoms with van der Waals surface area (Å²) < 4.78 is 34.5. The number of nitrogens with zero attached hydrogens (tertiary/aromatic N) is 2. The minimum atomic E-state index is -0.845. The van der Waals surface area contributed by atoms with Gasteiger partial charge in [0.05, 0.1) is 12.3 Å². The molecule has 2 aromatic rings. The van der Waals surface area contributed by atoms with Crippen LogP contribution in [0.25, 0.3) is 11.3 Å². The average molecular weight is 389 g/mol. The van der Waals surface area contributed by atoms with Crippen molar-refractivity contribution in [3.8, 4) is 17.1 Å². The van der Waals surface area contributed by atoms with Crippen molar-refractivity contribution in [2.75, 3.05) is 6.61 Å². The fourth-order valence-electron chi connectivity index (χ4n) is 4.25. The van der Waals surface area contributed by atoms with E-state index in [9.17, 15) is 8.78 Å². The van der Waals surface area contributed by atoms with Crippen LogP contribution in [0.2, 0.25) is 0 Å². The van der Waals surface area contributed by atoms with Crippen LogP contribution < -0.4 is 4.74 Å². The Morgan fingerprint density at radius 1 is 0.893 bits per heavy atom. The summed E-state index contributed by atoms with van der Waals surface area (Å²) in [5.41, 5.74) is 0.897. The smallest absolute Gasteiger partial charge is 0.233 e. The van der Waals surface area contributed by atoms with Crippen molar-refractivity contribution in [2.24, 2.45) is 11.8 Å². The first-order chi connectivity index (χ1) is 13.6. The topological polar surface area (TPSA) is 35.0 Å². The quantitative estimate of drug-likeness (QED) is 0.528. The normalized spacial score (nSPS) is 19.6. The van der Waals surface area contributed by atoms with Crippen LogP contribution in [0.3, 0.4) is 0 Å². The fraction of sp³-hybridized carbons (Fsp3) is 0.565. The van der Waals surface area contributed by atoms with E-state index in [-0.39, 0.29) is 5.56 Å². The first kappa shape index (κ1) is 20.7. The van der Waals surface area contributed by atoms with Crippen LogP contribution in [-0.4, -0.2) is 16.8 Å². The number of hydrogen-bond acceptors (Lipinski definition) is 3. The Bertz CT molecular complexity index is 756. The van der Waals surface area contributed by atoms with Gasteiger partial charge < -0.3 is 4.74 Å². The highest BCUT2D eigenvalue weighted by atomic mass is 19.2. The SMILES string of the molecule is CCC[C@H]1CC[C@H](CCc2ccc(-c3ccc(OCC)nn3)c(F)c2F)CC1. The van der Waals surface area contributed by atoms with E-state index in [2.05, 4.69) is 17.1 Å². The van der Waals surface area contributed by atoms with Gasteiger partial charge in [-0.3, -0.25) is 0 Å². The molecule has 3 nitrogen and oxygen atoms in total. The van der Waals surface area contributed by atoms with E-state index in [0.29, 0.717) is 36.1 Å². The molecular formula is C23H30F2N2O. The molecule has 0 N–H and O–H groups in total. The number of benzene rings is 1. The van der Waals surface area contributed by atoms with Crippen LogP contribution in [0.15, 0.2) is 24.3 Å². The van der Waals surface area contributed by atoms with Crippen LogP contribution in [0.1, 0.15) is 64.4 Å². The van der Waals surface area contributed by atoms with Gasteiger partial charge >= 0.3 is 0 Å². The molecule has 1 heterocycles. The van der Waals surface area contributed by atoms with Crippen LogP contribution in [0.5, 0.6) is 5.88 Å². The third-order valence-corrected chi connectivity index (χ3v) is 5.86. The number of aromatic nitrogens is 2. The summed E-state index contributed by atoms with van der Waals surface area (Å²) in [6.45, 7) is 4.57. The molecule has 0 atom stereocenters. The third-order valence-electron chi connectivity index (χ3n) is 5.86. The molecule has 152 valence electrons. The summed E-state index contributed by atoms with van der Waals surface area (Å²) in [4.78, 5) is 0. The highest BCUT2D eigenvalue weighted by Gasteiger charge is 2.22. The molecule has 5 heteroatoms. The zero-order valence-electron chi connectivity index (χ0n) is 16.9. The largest absolute Gasteiger partial charge is 0.477 e. The van der Waals surface area contributed by atoms with Crippen LogP contribution in [-0.2, 0) is 6.42 Å². The van der Waals surface area contributed by atoms with Gasteiger partial charge in [-0.1, -0.05) is 51.5 Å². The molecule has 0 saturated heterocycles. The minimum Gasteiger partial charge on any atom is -0.477 e. The maximum Gasteiger partial charge on any atom is 0.233 e. The van der Waals surface area contributed by atoms with Gasteiger partial charge in [0.2, 0.25) is 5.88 Å². The van der Waals surface area contributed by atoms with E-state index < -0.39 is 11.6 Å². The molecule has 1 aliphatic rings. The summed E-state index contributed by atoms with van der Waals surface area (Å²) in [5, 5.41) is 7.85. The zero-order chi connectivity index (χ0) is 19.9. The maximum absolute atomic E-state index is 14.6. The summed E-state index contributed by atoms with van der Waals surface area (Å²) in [6, 6.07) is 6.51. The first-order valence-electron chi connectivity index (χ1n) is 10.6. The number of halogens is 2. The molecule has 1 fully saturated rings. The molecule has 28 heavy (non-hydrogen) atoms. The number of hydrogen-bond donors (Lipinski definition) is 0. The third kappa shape index (κ3) is 5.06. The van der Waals surface area contributed by atoms with Crippen molar-refractivity contribution in [3.05, 3.63) is 41.5 Å². The molecule has 0 radical (unpaired) electrons. The van der Waals surface area contributed by atoms with Gasteiger partial charge in [0.25, 0.3) is 0 Å². The second-order valence-corrected chi connectivity index (χ2v) is 7.80. The lowest BCUT2D eigenvalue weighted by Gasteiger charge is -2.28. The van der Waals surface area contributed by atoms with Crippen molar-refractivity contribution in [1.82, 2.24) is 10.2 Å². The Hall–Kier alpha value is -2.04. The Morgan fingerprint density at radius 2 is 1.61 bits per heavy atom. The molecule has 1 saturated carbocycles. The molecule has 0 unspecified atom stereocenters. The monoisotopic (exact) mass is 388 g/mol. The lowest BCUT2D eigenvalue weighted by Crippen LogP contribution is -2.15. The van der Waals surface area contributed by atoms with Gasteiger partial charge in [0.1, 0.15) is 0 Å². The number of rotatable bonds is 8. The van der Waals surface area contributed by atoms with Gasteiger partial charge in [0.15, 0.2) is 11.6 Å². The highest BCUT2D eigenvalue weighted by molar-refractivity contribution is 5.60. The second kappa shape index (κ2) is 9.94. The highest BCUT2D eigenvalue weighted by Crippen LogP contribution is 2.34. The van der Waals surface area contributed by atoms with E-state index >= 15 is 0 Å². The Morgan fingerprint density at radius 3 is 2.21 bits per heavy atom. The molecule has 1 aromatic heterocycles. The molecule has 1 aliphatic carbocycles. The minimum absolute atomic E-state index is 0.136. The van der Waals surface area contributed by atoms with Gasteiger partial charge in [-0.05, 0) is 49.3 Å². The van der Waals surface area contributed by atoms with Crippen LogP contribution in [0, 0.1) is 23.5 Å². The molecule has 0 aliphatic heterocycles. The molecule has 1 aromatic carbocycles. The lowest BCUT2D eigenvalue weighted by molar-refractivity contribution is 0.251. The second-order valence-electron chi connectivity index (χ2n) is 7.80. The number of aryl methyl sites for hydroxylation is 1.